The second kappa shape index (κ2) is 3.87. The third-order valence-corrected chi connectivity index (χ3v) is 3.28. The van der Waals surface area contributed by atoms with E-state index in [1.807, 2.05) is 0 Å². The summed E-state index contributed by atoms with van der Waals surface area (Å²) >= 11 is 0. The molecule has 2 rings (SSSR count). The summed E-state index contributed by atoms with van der Waals surface area (Å²) in [5, 5.41) is 6.60. The number of nitrogens with one attached hydrogen (secondary N) is 2. The van der Waals surface area contributed by atoms with E-state index in [1.54, 1.807) is 0 Å². The van der Waals surface area contributed by atoms with Gasteiger partial charge in [0.05, 0.1) is 0 Å². The standard InChI is InChI=1S/C10H19N3O/c11-9(14)10(4-1-5-12-7-10)13-6-8-2-3-8/h8,12-13H,1-7H2,(H2,11,14). The van der Waals surface area contributed by atoms with Gasteiger partial charge in [-0.1, -0.05) is 0 Å². The number of carbonyl (C=O) groups excluding carboxylic acids is 1. The predicted octanol–water partition coefficient (Wildman–Crippen LogP) is -0.407. The third-order valence-electron chi connectivity index (χ3n) is 3.28. The first-order valence-corrected chi connectivity index (χ1v) is 5.49. The molecule has 2 fully saturated rings. The zero-order valence-electron chi connectivity index (χ0n) is 8.51. The van der Waals surface area contributed by atoms with Crippen LogP contribution in [0.15, 0.2) is 0 Å². The molecule has 0 aromatic rings. The Morgan fingerprint density at radius 3 is 2.86 bits per heavy atom. The molecule has 0 aromatic heterocycles. The molecule has 0 spiro atoms. The van der Waals surface area contributed by atoms with Gasteiger partial charge in [-0.25, -0.2) is 0 Å². The van der Waals surface area contributed by atoms with Crippen molar-refractivity contribution < 1.29 is 4.79 Å². The summed E-state index contributed by atoms with van der Waals surface area (Å²) in [6.45, 7) is 2.64. The lowest BCUT2D eigenvalue weighted by molar-refractivity contribution is -0.125. The number of rotatable bonds is 4. The van der Waals surface area contributed by atoms with Gasteiger partial charge in [0.2, 0.25) is 5.91 Å². The first kappa shape index (κ1) is 9.93. The van der Waals surface area contributed by atoms with E-state index in [1.165, 1.54) is 12.8 Å². The fourth-order valence-corrected chi connectivity index (χ4v) is 2.02. The lowest BCUT2D eigenvalue weighted by atomic mass is 9.89. The van der Waals surface area contributed by atoms with E-state index in [-0.39, 0.29) is 5.91 Å². The molecular formula is C10H19N3O. The van der Waals surface area contributed by atoms with Crippen molar-refractivity contribution in [3.8, 4) is 0 Å². The number of hydrogen-bond acceptors (Lipinski definition) is 3. The van der Waals surface area contributed by atoms with Crippen molar-refractivity contribution in [3.05, 3.63) is 0 Å². The Hall–Kier alpha value is -0.610. The van der Waals surface area contributed by atoms with Crippen LogP contribution < -0.4 is 16.4 Å². The number of carbonyl (C=O) groups is 1. The molecule has 0 aromatic carbocycles. The number of primary amides is 1. The molecule has 1 saturated heterocycles. The summed E-state index contributed by atoms with van der Waals surface area (Å²) < 4.78 is 0. The van der Waals surface area contributed by atoms with E-state index in [0.717, 1.165) is 31.8 Å². The number of amides is 1. The zero-order valence-corrected chi connectivity index (χ0v) is 8.51. The van der Waals surface area contributed by atoms with Crippen LogP contribution in [0.25, 0.3) is 0 Å². The summed E-state index contributed by atoms with van der Waals surface area (Å²) in [6, 6.07) is 0. The van der Waals surface area contributed by atoms with Crippen LogP contribution in [0.4, 0.5) is 0 Å². The maximum atomic E-state index is 11.4. The van der Waals surface area contributed by atoms with E-state index in [9.17, 15) is 4.79 Å². The van der Waals surface area contributed by atoms with Crippen molar-refractivity contribution in [3.63, 3.8) is 0 Å². The molecule has 2 aliphatic rings. The highest BCUT2D eigenvalue weighted by Gasteiger charge is 2.38. The molecule has 4 heteroatoms. The SMILES string of the molecule is NC(=O)C1(NCC2CC2)CCCNC1. The van der Waals surface area contributed by atoms with Crippen molar-refractivity contribution in [1.82, 2.24) is 10.6 Å². The van der Waals surface area contributed by atoms with Crippen molar-refractivity contribution in [2.45, 2.75) is 31.2 Å². The van der Waals surface area contributed by atoms with Crippen molar-refractivity contribution >= 4 is 5.91 Å². The number of hydrogen-bond donors (Lipinski definition) is 3. The third kappa shape index (κ3) is 2.07. The highest BCUT2D eigenvalue weighted by molar-refractivity contribution is 5.85. The van der Waals surface area contributed by atoms with Crippen LogP contribution in [0, 0.1) is 5.92 Å². The molecule has 14 heavy (non-hydrogen) atoms. The Kier molecular flexibility index (Phi) is 2.74. The van der Waals surface area contributed by atoms with Crippen molar-refractivity contribution in [2.24, 2.45) is 11.7 Å². The average molecular weight is 197 g/mol. The van der Waals surface area contributed by atoms with E-state index in [0.29, 0.717) is 6.54 Å². The van der Waals surface area contributed by atoms with Crippen LogP contribution in [0.2, 0.25) is 0 Å². The molecule has 4 nitrogen and oxygen atoms in total. The monoisotopic (exact) mass is 197 g/mol. The van der Waals surface area contributed by atoms with E-state index in [4.69, 9.17) is 5.73 Å². The van der Waals surface area contributed by atoms with Crippen LogP contribution in [-0.2, 0) is 4.79 Å². The van der Waals surface area contributed by atoms with Gasteiger partial charge in [0, 0.05) is 6.54 Å². The number of piperidine rings is 1. The van der Waals surface area contributed by atoms with Gasteiger partial charge in [-0.2, -0.15) is 0 Å². The normalized spacial score (nSPS) is 32.9. The zero-order chi connectivity index (χ0) is 10.0. The van der Waals surface area contributed by atoms with E-state index in [2.05, 4.69) is 10.6 Å². The quantitative estimate of drug-likeness (QED) is 0.574. The molecular weight excluding hydrogens is 178 g/mol. The fourth-order valence-electron chi connectivity index (χ4n) is 2.02. The second-order valence-electron chi connectivity index (χ2n) is 4.55. The fraction of sp³-hybridized carbons (Fsp3) is 0.900. The molecule has 1 unspecified atom stereocenters. The largest absolute Gasteiger partial charge is 0.368 e. The van der Waals surface area contributed by atoms with Crippen LogP contribution in [0.5, 0.6) is 0 Å². The first-order valence-electron chi connectivity index (χ1n) is 5.49. The predicted molar refractivity (Wildman–Crippen MR) is 54.8 cm³/mol. The first-order chi connectivity index (χ1) is 6.73. The maximum absolute atomic E-state index is 11.4. The molecule has 1 amide bonds. The second-order valence-corrected chi connectivity index (χ2v) is 4.55. The van der Waals surface area contributed by atoms with Crippen LogP contribution in [-0.4, -0.2) is 31.1 Å². The summed E-state index contributed by atoms with van der Waals surface area (Å²) in [7, 11) is 0. The van der Waals surface area contributed by atoms with Crippen LogP contribution in [0.1, 0.15) is 25.7 Å². The minimum absolute atomic E-state index is 0.203. The van der Waals surface area contributed by atoms with Crippen LogP contribution in [0.3, 0.4) is 0 Å². The average Bonchev–Trinajstić information content (AvgIpc) is 2.99. The molecule has 0 bridgehead atoms. The summed E-state index contributed by atoms with van der Waals surface area (Å²) in [5.74, 6) is 0.582. The summed E-state index contributed by atoms with van der Waals surface area (Å²) in [6.07, 6.45) is 4.51. The van der Waals surface area contributed by atoms with Gasteiger partial charge in [0.15, 0.2) is 0 Å². The molecule has 1 heterocycles. The molecule has 0 radical (unpaired) electrons. The highest BCUT2D eigenvalue weighted by Crippen LogP contribution is 2.29. The minimum Gasteiger partial charge on any atom is -0.368 e. The number of nitrogens with two attached hydrogens (primary N) is 1. The molecule has 1 aliphatic heterocycles. The van der Waals surface area contributed by atoms with Crippen molar-refractivity contribution in [1.29, 1.82) is 0 Å². The molecule has 4 N–H and O–H groups in total. The molecule has 1 saturated carbocycles. The molecule has 80 valence electrons. The van der Waals surface area contributed by atoms with Gasteiger partial charge in [-0.15, -0.1) is 0 Å². The van der Waals surface area contributed by atoms with Crippen molar-refractivity contribution in [2.75, 3.05) is 19.6 Å². The Bertz CT molecular complexity index is 219. The minimum atomic E-state index is -0.471. The lowest BCUT2D eigenvalue weighted by Crippen LogP contribution is -2.63. The van der Waals surface area contributed by atoms with Gasteiger partial charge >= 0.3 is 0 Å². The molecule has 1 atom stereocenters. The molecule has 1 aliphatic carbocycles. The Labute approximate surface area is 84.6 Å². The van der Waals surface area contributed by atoms with E-state index >= 15 is 0 Å². The van der Waals surface area contributed by atoms with Gasteiger partial charge in [0.25, 0.3) is 0 Å². The smallest absolute Gasteiger partial charge is 0.239 e. The Balaban J connectivity index is 1.92. The lowest BCUT2D eigenvalue weighted by Gasteiger charge is -2.35. The Morgan fingerprint density at radius 1 is 1.57 bits per heavy atom. The van der Waals surface area contributed by atoms with Gasteiger partial charge in [-0.3, -0.25) is 4.79 Å². The summed E-state index contributed by atoms with van der Waals surface area (Å²) in [5.41, 5.74) is 5.00. The Morgan fingerprint density at radius 2 is 2.36 bits per heavy atom. The topological polar surface area (TPSA) is 67.2 Å². The maximum Gasteiger partial charge on any atom is 0.239 e. The van der Waals surface area contributed by atoms with Gasteiger partial charge < -0.3 is 16.4 Å². The van der Waals surface area contributed by atoms with E-state index < -0.39 is 5.54 Å². The highest BCUT2D eigenvalue weighted by atomic mass is 16.1. The van der Waals surface area contributed by atoms with Crippen LogP contribution >= 0.6 is 0 Å². The van der Waals surface area contributed by atoms with Gasteiger partial charge in [-0.05, 0) is 44.7 Å². The summed E-state index contributed by atoms with van der Waals surface area (Å²) in [4.78, 5) is 11.4. The van der Waals surface area contributed by atoms with Gasteiger partial charge in [0.1, 0.15) is 5.54 Å².